The second-order valence-corrected chi connectivity index (χ2v) is 5.24. The molecule has 1 fully saturated rings. The van der Waals surface area contributed by atoms with Crippen LogP contribution in [0.3, 0.4) is 0 Å². The number of carboxylic acid groups (broad SMARTS) is 1. The number of hydrogen-bond acceptors (Lipinski definition) is 3. The van der Waals surface area contributed by atoms with E-state index in [-0.39, 0.29) is 0 Å². The first kappa shape index (κ1) is 14.5. The van der Waals surface area contributed by atoms with E-state index in [4.69, 9.17) is 0 Å². The lowest BCUT2D eigenvalue weighted by Crippen LogP contribution is -2.52. The maximum atomic E-state index is 11.3. The van der Waals surface area contributed by atoms with E-state index in [1.54, 1.807) is 0 Å². The molecule has 1 aliphatic carbocycles. The Balaban J connectivity index is 2.35. The molecule has 0 radical (unpaired) electrons. The molecule has 2 N–H and O–H groups in total. The van der Waals surface area contributed by atoms with Gasteiger partial charge in [-0.25, -0.2) is 0 Å². The van der Waals surface area contributed by atoms with Gasteiger partial charge >= 0.3 is 5.97 Å². The van der Waals surface area contributed by atoms with E-state index in [1.165, 1.54) is 12.8 Å². The third-order valence-corrected chi connectivity index (χ3v) is 3.70. The molecule has 0 spiro atoms. The molecular weight excluding hydrogens is 216 g/mol. The van der Waals surface area contributed by atoms with Crippen LogP contribution in [-0.2, 0) is 4.79 Å². The number of nitrogens with one attached hydrogen (secondary N) is 1. The number of carbonyl (C=O) groups is 1. The lowest BCUT2D eigenvalue weighted by Gasteiger charge is -2.28. The Morgan fingerprint density at radius 2 is 2.00 bits per heavy atom. The first-order valence-corrected chi connectivity index (χ1v) is 6.72. The van der Waals surface area contributed by atoms with Crippen LogP contribution in [0, 0.1) is 5.92 Å². The zero-order valence-corrected chi connectivity index (χ0v) is 11.3. The summed E-state index contributed by atoms with van der Waals surface area (Å²) in [5.74, 6) is -0.0963. The first-order chi connectivity index (χ1) is 8.01. The Morgan fingerprint density at radius 1 is 1.41 bits per heavy atom. The summed E-state index contributed by atoms with van der Waals surface area (Å²) in [6.45, 7) is 9.77. The van der Waals surface area contributed by atoms with E-state index < -0.39 is 11.5 Å². The molecule has 0 aromatic rings. The van der Waals surface area contributed by atoms with Crippen molar-refractivity contribution in [2.75, 3.05) is 26.2 Å². The van der Waals surface area contributed by atoms with Gasteiger partial charge in [-0.1, -0.05) is 26.7 Å². The topological polar surface area (TPSA) is 52.6 Å². The quantitative estimate of drug-likeness (QED) is 0.644. The van der Waals surface area contributed by atoms with Crippen LogP contribution < -0.4 is 5.32 Å². The zero-order chi connectivity index (χ0) is 12.9. The third kappa shape index (κ3) is 4.64. The number of rotatable bonds is 9. The molecule has 0 aliphatic heterocycles. The van der Waals surface area contributed by atoms with Crippen molar-refractivity contribution in [2.24, 2.45) is 5.92 Å². The minimum atomic E-state index is -0.742. The summed E-state index contributed by atoms with van der Waals surface area (Å²) in [5.41, 5.74) is -0.742. The summed E-state index contributed by atoms with van der Waals surface area (Å²) >= 11 is 0. The van der Waals surface area contributed by atoms with Crippen molar-refractivity contribution in [1.82, 2.24) is 10.2 Å². The van der Waals surface area contributed by atoms with Crippen molar-refractivity contribution in [1.29, 1.82) is 0 Å². The van der Waals surface area contributed by atoms with E-state index in [9.17, 15) is 9.90 Å². The van der Waals surface area contributed by atoms with Gasteiger partial charge in [0.25, 0.3) is 0 Å². The van der Waals surface area contributed by atoms with Crippen LogP contribution in [0.2, 0.25) is 0 Å². The Hall–Kier alpha value is -0.610. The molecule has 17 heavy (non-hydrogen) atoms. The van der Waals surface area contributed by atoms with E-state index in [1.807, 2.05) is 6.92 Å². The monoisotopic (exact) mass is 242 g/mol. The summed E-state index contributed by atoms with van der Waals surface area (Å²) < 4.78 is 0. The van der Waals surface area contributed by atoms with Crippen molar-refractivity contribution in [3.05, 3.63) is 0 Å². The number of aliphatic carboxylic acids is 1. The summed E-state index contributed by atoms with van der Waals surface area (Å²) in [6, 6.07) is 0. The molecule has 1 rings (SSSR count). The van der Waals surface area contributed by atoms with Crippen LogP contribution in [0.25, 0.3) is 0 Å². The molecule has 0 aromatic carbocycles. The molecule has 1 atom stereocenters. The van der Waals surface area contributed by atoms with Crippen LogP contribution in [-0.4, -0.2) is 47.7 Å². The highest BCUT2D eigenvalue weighted by Crippen LogP contribution is 2.36. The van der Waals surface area contributed by atoms with Crippen LogP contribution in [0.5, 0.6) is 0 Å². The van der Waals surface area contributed by atoms with Gasteiger partial charge < -0.3 is 15.3 Å². The Kier molecular flexibility index (Phi) is 5.40. The van der Waals surface area contributed by atoms with Gasteiger partial charge in [0.2, 0.25) is 0 Å². The Morgan fingerprint density at radius 3 is 2.41 bits per heavy atom. The number of carboxylic acids is 1. The minimum Gasteiger partial charge on any atom is -0.480 e. The summed E-state index contributed by atoms with van der Waals surface area (Å²) in [4.78, 5) is 13.6. The Labute approximate surface area is 104 Å². The maximum Gasteiger partial charge on any atom is 0.323 e. The van der Waals surface area contributed by atoms with Crippen molar-refractivity contribution < 1.29 is 9.90 Å². The molecule has 0 saturated heterocycles. The third-order valence-electron chi connectivity index (χ3n) is 3.70. The zero-order valence-electron chi connectivity index (χ0n) is 11.3. The fourth-order valence-corrected chi connectivity index (χ4v) is 2.16. The summed E-state index contributed by atoms with van der Waals surface area (Å²) in [6.07, 6.45) is 3.15. The minimum absolute atomic E-state index is 0.622. The van der Waals surface area contributed by atoms with Gasteiger partial charge in [0.15, 0.2) is 0 Å². The molecule has 1 unspecified atom stereocenters. The molecule has 0 heterocycles. The largest absolute Gasteiger partial charge is 0.480 e. The molecule has 1 saturated carbocycles. The van der Waals surface area contributed by atoms with Gasteiger partial charge in [0.1, 0.15) is 5.54 Å². The predicted octanol–water partition coefficient (Wildman–Crippen LogP) is 1.56. The SMILES string of the molecule is CCN(CC)CCNC(C)(CC1CC1)C(=O)O. The first-order valence-electron chi connectivity index (χ1n) is 6.72. The standard InChI is InChI=1S/C13H26N2O2/c1-4-15(5-2)9-8-14-13(3,12(16)17)10-11-6-7-11/h11,14H,4-10H2,1-3H3,(H,16,17). The Bertz CT molecular complexity index is 250. The van der Waals surface area contributed by atoms with Crippen LogP contribution in [0.1, 0.15) is 40.0 Å². The molecular formula is C13H26N2O2. The fourth-order valence-electron chi connectivity index (χ4n) is 2.16. The lowest BCUT2D eigenvalue weighted by molar-refractivity contribution is -0.144. The maximum absolute atomic E-state index is 11.3. The van der Waals surface area contributed by atoms with E-state index >= 15 is 0 Å². The van der Waals surface area contributed by atoms with Gasteiger partial charge in [-0.15, -0.1) is 0 Å². The lowest BCUT2D eigenvalue weighted by atomic mass is 9.95. The summed E-state index contributed by atoms with van der Waals surface area (Å²) in [7, 11) is 0. The smallest absolute Gasteiger partial charge is 0.323 e. The summed E-state index contributed by atoms with van der Waals surface area (Å²) in [5, 5.41) is 12.5. The van der Waals surface area contributed by atoms with Gasteiger partial charge in [-0.05, 0) is 32.4 Å². The van der Waals surface area contributed by atoms with E-state index in [0.717, 1.165) is 32.6 Å². The van der Waals surface area contributed by atoms with E-state index in [0.29, 0.717) is 5.92 Å². The number of nitrogens with zero attached hydrogens (tertiary/aromatic N) is 1. The van der Waals surface area contributed by atoms with Crippen LogP contribution in [0.15, 0.2) is 0 Å². The van der Waals surface area contributed by atoms with Crippen molar-refractivity contribution in [3.63, 3.8) is 0 Å². The molecule has 1 aliphatic rings. The second kappa shape index (κ2) is 6.36. The highest BCUT2D eigenvalue weighted by molar-refractivity contribution is 5.78. The fraction of sp³-hybridized carbons (Fsp3) is 0.923. The van der Waals surface area contributed by atoms with Crippen LogP contribution in [0.4, 0.5) is 0 Å². The highest BCUT2D eigenvalue weighted by atomic mass is 16.4. The second-order valence-electron chi connectivity index (χ2n) is 5.24. The van der Waals surface area contributed by atoms with Crippen molar-refractivity contribution in [3.8, 4) is 0 Å². The molecule has 4 heteroatoms. The number of hydrogen-bond donors (Lipinski definition) is 2. The van der Waals surface area contributed by atoms with Crippen LogP contribution >= 0.6 is 0 Å². The molecule has 4 nitrogen and oxygen atoms in total. The average Bonchev–Trinajstić information content (AvgIpc) is 3.08. The van der Waals surface area contributed by atoms with Gasteiger partial charge in [0, 0.05) is 13.1 Å². The highest BCUT2D eigenvalue weighted by Gasteiger charge is 2.38. The molecule has 0 amide bonds. The van der Waals surface area contributed by atoms with Gasteiger partial charge in [-0.3, -0.25) is 4.79 Å². The predicted molar refractivity (Wildman–Crippen MR) is 69.2 cm³/mol. The van der Waals surface area contributed by atoms with Crippen molar-refractivity contribution in [2.45, 2.75) is 45.6 Å². The van der Waals surface area contributed by atoms with E-state index in [2.05, 4.69) is 24.1 Å². The average molecular weight is 242 g/mol. The number of likely N-dealkylation sites (N-methyl/N-ethyl adjacent to an activating group) is 1. The molecule has 0 bridgehead atoms. The van der Waals surface area contributed by atoms with Crippen molar-refractivity contribution >= 4 is 5.97 Å². The molecule has 100 valence electrons. The normalized spacial score (nSPS) is 19.3. The van der Waals surface area contributed by atoms with Gasteiger partial charge in [0.05, 0.1) is 0 Å². The molecule has 0 aromatic heterocycles. The van der Waals surface area contributed by atoms with Gasteiger partial charge in [-0.2, -0.15) is 0 Å².